The molecule has 3 rings (SSSR count). The predicted molar refractivity (Wildman–Crippen MR) is 106 cm³/mol. The standard InChI is InChI=1S/C24H23F3O/c1-17-19(9-6-10-22(17)20-7-4-3-5-8-20)12-13-21-15-18(16-28-2)11-14-23(21)24(25,26)27/h3-11,14-15H,12-13,16H2,1-2H3. The number of hydrogen-bond acceptors (Lipinski definition) is 1. The molecule has 0 fully saturated rings. The van der Waals surface area contributed by atoms with Crippen molar-refractivity contribution >= 4 is 0 Å². The lowest BCUT2D eigenvalue weighted by atomic mass is 9.92. The van der Waals surface area contributed by atoms with Crippen molar-refractivity contribution in [2.24, 2.45) is 0 Å². The highest BCUT2D eigenvalue weighted by atomic mass is 19.4. The minimum absolute atomic E-state index is 0.299. The number of ether oxygens (including phenoxy) is 1. The normalized spacial score (nSPS) is 11.6. The van der Waals surface area contributed by atoms with Gasteiger partial charge in [0.15, 0.2) is 0 Å². The van der Waals surface area contributed by atoms with Crippen LogP contribution in [0.15, 0.2) is 66.7 Å². The van der Waals surface area contributed by atoms with Crippen LogP contribution in [0.25, 0.3) is 11.1 Å². The van der Waals surface area contributed by atoms with Crippen molar-refractivity contribution in [2.75, 3.05) is 7.11 Å². The fourth-order valence-corrected chi connectivity index (χ4v) is 3.54. The van der Waals surface area contributed by atoms with Gasteiger partial charge in [-0.05, 0) is 59.2 Å². The smallest absolute Gasteiger partial charge is 0.380 e. The zero-order valence-electron chi connectivity index (χ0n) is 16.0. The van der Waals surface area contributed by atoms with Crippen LogP contribution in [0.3, 0.4) is 0 Å². The lowest BCUT2D eigenvalue weighted by Crippen LogP contribution is -2.11. The van der Waals surface area contributed by atoms with Gasteiger partial charge in [0.05, 0.1) is 12.2 Å². The van der Waals surface area contributed by atoms with Crippen LogP contribution in [-0.2, 0) is 30.4 Å². The number of benzene rings is 3. The molecule has 0 radical (unpaired) electrons. The molecule has 3 aromatic carbocycles. The molecule has 0 spiro atoms. The average Bonchev–Trinajstić information content (AvgIpc) is 2.67. The molecule has 4 heteroatoms. The van der Waals surface area contributed by atoms with Gasteiger partial charge in [0, 0.05) is 7.11 Å². The molecule has 0 aliphatic heterocycles. The molecule has 0 N–H and O–H groups in total. The fraction of sp³-hybridized carbons (Fsp3) is 0.250. The van der Waals surface area contributed by atoms with Gasteiger partial charge in [-0.3, -0.25) is 0 Å². The van der Waals surface area contributed by atoms with E-state index in [1.807, 2.05) is 49.4 Å². The van der Waals surface area contributed by atoms with Crippen molar-refractivity contribution in [3.05, 3.63) is 94.5 Å². The second kappa shape index (κ2) is 8.61. The SMILES string of the molecule is COCc1ccc(C(F)(F)F)c(CCc2cccc(-c3ccccc3)c2C)c1. The number of aryl methyl sites for hydroxylation is 2. The first-order valence-electron chi connectivity index (χ1n) is 9.22. The molecule has 0 saturated carbocycles. The summed E-state index contributed by atoms with van der Waals surface area (Å²) in [6.45, 7) is 2.33. The molecule has 0 heterocycles. The number of methoxy groups -OCH3 is 1. The molecular formula is C24H23F3O. The Morgan fingerprint density at radius 3 is 2.21 bits per heavy atom. The summed E-state index contributed by atoms with van der Waals surface area (Å²) < 4.78 is 45.3. The van der Waals surface area contributed by atoms with E-state index in [1.54, 1.807) is 6.07 Å². The molecule has 0 aliphatic carbocycles. The van der Waals surface area contributed by atoms with Crippen LogP contribution in [0.4, 0.5) is 13.2 Å². The van der Waals surface area contributed by atoms with E-state index in [-0.39, 0.29) is 0 Å². The highest BCUT2D eigenvalue weighted by Gasteiger charge is 2.33. The van der Waals surface area contributed by atoms with E-state index in [1.165, 1.54) is 13.2 Å². The minimum Gasteiger partial charge on any atom is -0.380 e. The summed E-state index contributed by atoms with van der Waals surface area (Å²) >= 11 is 0. The highest BCUT2D eigenvalue weighted by Crippen LogP contribution is 2.34. The minimum atomic E-state index is -4.36. The van der Waals surface area contributed by atoms with Gasteiger partial charge < -0.3 is 4.74 Å². The van der Waals surface area contributed by atoms with Gasteiger partial charge in [-0.25, -0.2) is 0 Å². The van der Waals surface area contributed by atoms with Gasteiger partial charge in [0.25, 0.3) is 0 Å². The first-order chi connectivity index (χ1) is 13.4. The second-order valence-corrected chi connectivity index (χ2v) is 6.88. The van der Waals surface area contributed by atoms with Crippen molar-refractivity contribution < 1.29 is 17.9 Å². The third-order valence-electron chi connectivity index (χ3n) is 4.98. The molecule has 1 nitrogen and oxygen atoms in total. The van der Waals surface area contributed by atoms with Crippen LogP contribution in [0.1, 0.15) is 27.8 Å². The first-order valence-corrected chi connectivity index (χ1v) is 9.22. The Labute approximate surface area is 163 Å². The van der Waals surface area contributed by atoms with Crippen molar-refractivity contribution in [1.29, 1.82) is 0 Å². The molecular weight excluding hydrogens is 361 g/mol. The third-order valence-corrected chi connectivity index (χ3v) is 4.98. The van der Waals surface area contributed by atoms with E-state index in [0.717, 1.165) is 33.9 Å². The molecule has 0 aliphatic rings. The van der Waals surface area contributed by atoms with Crippen molar-refractivity contribution in [3.8, 4) is 11.1 Å². The summed E-state index contributed by atoms with van der Waals surface area (Å²) in [5.74, 6) is 0. The molecule has 0 atom stereocenters. The number of alkyl halides is 3. The largest absolute Gasteiger partial charge is 0.416 e. The second-order valence-electron chi connectivity index (χ2n) is 6.88. The number of rotatable bonds is 6. The van der Waals surface area contributed by atoms with Gasteiger partial charge in [0.1, 0.15) is 0 Å². The van der Waals surface area contributed by atoms with Crippen LogP contribution >= 0.6 is 0 Å². The van der Waals surface area contributed by atoms with Gasteiger partial charge in [-0.1, -0.05) is 60.7 Å². The Kier molecular flexibility index (Phi) is 6.20. The first kappa shape index (κ1) is 20.2. The van der Waals surface area contributed by atoms with Crippen molar-refractivity contribution in [2.45, 2.75) is 32.5 Å². The van der Waals surface area contributed by atoms with E-state index in [0.29, 0.717) is 25.0 Å². The summed E-state index contributed by atoms with van der Waals surface area (Å²) in [6, 6.07) is 20.3. The van der Waals surface area contributed by atoms with Gasteiger partial charge >= 0.3 is 6.18 Å². The van der Waals surface area contributed by atoms with Gasteiger partial charge in [0.2, 0.25) is 0 Å². The van der Waals surface area contributed by atoms with Crippen LogP contribution in [-0.4, -0.2) is 7.11 Å². The number of hydrogen-bond donors (Lipinski definition) is 0. The molecule has 0 unspecified atom stereocenters. The Bertz CT molecular complexity index is 930. The van der Waals surface area contributed by atoms with E-state index < -0.39 is 11.7 Å². The lowest BCUT2D eigenvalue weighted by molar-refractivity contribution is -0.138. The maximum atomic E-state index is 13.4. The summed E-state index contributed by atoms with van der Waals surface area (Å²) in [7, 11) is 1.54. The summed E-state index contributed by atoms with van der Waals surface area (Å²) in [4.78, 5) is 0. The van der Waals surface area contributed by atoms with Crippen LogP contribution in [0, 0.1) is 6.92 Å². The van der Waals surface area contributed by atoms with Crippen LogP contribution < -0.4 is 0 Å². The molecule has 3 aromatic rings. The molecule has 0 aromatic heterocycles. The van der Waals surface area contributed by atoms with Crippen LogP contribution in [0.2, 0.25) is 0 Å². The van der Waals surface area contributed by atoms with E-state index in [2.05, 4.69) is 6.07 Å². The average molecular weight is 384 g/mol. The van der Waals surface area contributed by atoms with E-state index >= 15 is 0 Å². The predicted octanol–water partition coefficient (Wildman–Crippen LogP) is 6.61. The topological polar surface area (TPSA) is 9.23 Å². The van der Waals surface area contributed by atoms with Crippen LogP contribution in [0.5, 0.6) is 0 Å². The Morgan fingerprint density at radius 1 is 0.821 bits per heavy atom. The monoisotopic (exact) mass is 384 g/mol. The quantitative estimate of drug-likeness (QED) is 0.464. The fourth-order valence-electron chi connectivity index (χ4n) is 3.54. The molecule has 28 heavy (non-hydrogen) atoms. The molecule has 0 amide bonds. The van der Waals surface area contributed by atoms with Gasteiger partial charge in [-0.15, -0.1) is 0 Å². The summed E-state index contributed by atoms with van der Waals surface area (Å²) in [5.41, 5.74) is 4.89. The van der Waals surface area contributed by atoms with E-state index in [9.17, 15) is 13.2 Å². The van der Waals surface area contributed by atoms with Gasteiger partial charge in [-0.2, -0.15) is 13.2 Å². The molecule has 0 bridgehead atoms. The zero-order chi connectivity index (χ0) is 20.1. The van der Waals surface area contributed by atoms with Crippen molar-refractivity contribution in [1.82, 2.24) is 0 Å². The third kappa shape index (κ3) is 4.63. The highest BCUT2D eigenvalue weighted by molar-refractivity contribution is 5.68. The molecule has 0 saturated heterocycles. The molecule has 146 valence electrons. The Balaban J connectivity index is 1.89. The lowest BCUT2D eigenvalue weighted by Gasteiger charge is -2.16. The summed E-state index contributed by atoms with van der Waals surface area (Å²) in [6.07, 6.45) is -3.49. The Hall–Kier alpha value is -2.59. The maximum absolute atomic E-state index is 13.4. The Morgan fingerprint density at radius 2 is 1.54 bits per heavy atom. The number of halogens is 3. The summed E-state index contributed by atoms with van der Waals surface area (Å²) in [5, 5.41) is 0. The maximum Gasteiger partial charge on any atom is 0.416 e. The van der Waals surface area contributed by atoms with E-state index in [4.69, 9.17) is 4.74 Å². The zero-order valence-corrected chi connectivity index (χ0v) is 16.0. The van der Waals surface area contributed by atoms with Crippen molar-refractivity contribution in [3.63, 3.8) is 0 Å².